The zero-order valence-corrected chi connectivity index (χ0v) is 15.3. The molecule has 1 heterocycles. The van der Waals surface area contributed by atoms with Gasteiger partial charge in [0.15, 0.2) is 0 Å². The molecule has 2 amide bonds. The van der Waals surface area contributed by atoms with Crippen molar-refractivity contribution >= 4 is 45.8 Å². The summed E-state index contributed by atoms with van der Waals surface area (Å²) in [5.41, 5.74) is 2.01. The van der Waals surface area contributed by atoms with E-state index in [0.717, 1.165) is 12.1 Å². The number of amides is 2. The first-order valence-electron chi connectivity index (χ1n) is 7.84. The minimum atomic E-state index is -0.108. The lowest BCUT2D eigenvalue weighted by Crippen LogP contribution is -2.33. The van der Waals surface area contributed by atoms with E-state index in [1.54, 1.807) is 4.90 Å². The first-order chi connectivity index (χ1) is 10.9. The second kappa shape index (κ2) is 7.93. The number of carbonyl (C=O) groups is 2. The lowest BCUT2D eigenvalue weighted by molar-refractivity contribution is -0.126. The summed E-state index contributed by atoms with van der Waals surface area (Å²) in [5, 5.41) is 2.77. The third kappa shape index (κ3) is 4.54. The fourth-order valence-electron chi connectivity index (χ4n) is 2.35. The van der Waals surface area contributed by atoms with Crippen LogP contribution >= 0.6 is 24.0 Å². The van der Waals surface area contributed by atoms with Gasteiger partial charge in [-0.15, -0.1) is 0 Å². The molecule has 0 aliphatic carbocycles. The van der Waals surface area contributed by atoms with Crippen molar-refractivity contribution in [2.75, 3.05) is 11.9 Å². The van der Waals surface area contributed by atoms with Gasteiger partial charge >= 0.3 is 0 Å². The maximum Gasteiger partial charge on any atom is 0.241 e. The quantitative estimate of drug-likeness (QED) is 0.793. The number of anilines is 1. The number of hydrogen-bond donors (Lipinski definition) is 1. The van der Waals surface area contributed by atoms with E-state index in [0.29, 0.717) is 16.8 Å². The third-order valence-corrected chi connectivity index (χ3v) is 5.55. The molecule has 1 aliphatic rings. The van der Waals surface area contributed by atoms with Crippen molar-refractivity contribution in [2.45, 2.75) is 44.8 Å². The van der Waals surface area contributed by atoms with Crippen LogP contribution in [0.15, 0.2) is 24.3 Å². The van der Waals surface area contributed by atoms with Gasteiger partial charge in [0.2, 0.25) is 11.8 Å². The summed E-state index contributed by atoms with van der Waals surface area (Å²) in [5.74, 6) is 0.380. The summed E-state index contributed by atoms with van der Waals surface area (Å²) >= 11 is 6.64. The van der Waals surface area contributed by atoms with E-state index >= 15 is 0 Å². The molecule has 0 aromatic heterocycles. The van der Waals surface area contributed by atoms with E-state index < -0.39 is 0 Å². The fourth-order valence-corrected chi connectivity index (χ4v) is 3.82. The van der Waals surface area contributed by atoms with Gasteiger partial charge in [-0.1, -0.05) is 56.9 Å². The third-order valence-electron chi connectivity index (χ3n) is 3.80. The molecule has 0 bridgehead atoms. The van der Waals surface area contributed by atoms with Crippen LogP contribution in [-0.2, 0) is 9.59 Å². The topological polar surface area (TPSA) is 49.4 Å². The first-order valence-corrected chi connectivity index (χ1v) is 9.13. The summed E-state index contributed by atoms with van der Waals surface area (Å²) in [4.78, 5) is 25.7. The summed E-state index contributed by atoms with van der Waals surface area (Å²) in [6, 6.07) is 7.84. The Morgan fingerprint density at radius 3 is 2.52 bits per heavy atom. The Morgan fingerprint density at radius 2 is 2.00 bits per heavy atom. The number of carbonyl (C=O) groups excluding carboxylic acids is 2. The molecule has 1 aromatic carbocycles. The van der Waals surface area contributed by atoms with E-state index in [1.165, 1.54) is 17.3 Å². The Labute approximate surface area is 147 Å². The molecular weight excluding hydrogens is 328 g/mol. The number of benzene rings is 1. The summed E-state index contributed by atoms with van der Waals surface area (Å²) < 4.78 is 0.580. The molecular formula is C17H22N2O2S2. The molecule has 1 aromatic rings. The Kier molecular flexibility index (Phi) is 6.18. The van der Waals surface area contributed by atoms with Gasteiger partial charge in [0.1, 0.15) is 4.32 Å². The minimum Gasteiger partial charge on any atom is -0.326 e. The molecule has 0 radical (unpaired) electrons. The van der Waals surface area contributed by atoms with Crippen LogP contribution in [0, 0.1) is 0 Å². The van der Waals surface area contributed by atoms with Gasteiger partial charge in [0.05, 0.1) is 5.25 Å². The standard InChI is InChI=1S/C17H22N2O2S2/c1-4-14-16(21)19(17(22)23-14)10-9-15(20)18-13-7-5-12(6-8-13)11(2)3/h5-8,11,14H,4,9-10H2,1-3H3,(H,18,20). The monoisotopic (exact) mass is 350 g/mol. The van der Waals surface area contributed by atoms with E-state index in [-0.39, 0.29) is 23.5 Å². The van der Waals surface area contributed by atoms with Gasteiger partial charge in [-0.3, -0.25) is 14.5 Å². The van der Waals surface area contributed by atoms with Crippen molar-refractivity contribution in [3.63, 3.8) is 0 Å². The van der Waals surface area contributed by atoms with E-state index in [1.807, 2.05) is 31.2 Å². The molecule has 1 N–H and O–H groups in total. The van der Waals surface area contributed by atoms with Crippen molar-refractivity contribution in [2.24, 2.45) is 0 Å². The van der Waals surface area contributed by atoms with Crippen LogP contribution in [0.25, 0.3) is 0 Å². The molecule has 4 nitrogen and oxygen atoms in total. The highest BCUT2D eigenvalue weighted by Gasteiger charge is 2.35. The maximum absolute atomic E-state index is 12.1. The Morgan fingerprint density at radius 1 is 1.35 bits per heavy atom. The largest absolute Gasteiger partial charge is 0.326 e. The number of thiocarbonyl (C=S) groups is 1. The smallest absolute Gasteiger partial charge is 0.241 e. The molecule has 6 heteroatoms. The summed E-state index contributed by atoms with van der Waals surface area (Å²) in [6.07, 6.45) is 1.00. The van der Waals surface area contributed by atoms with Crippen LogP contribution < -0.4 is 5.32 Å². The average Bonchev–Trinajstić information content (AvgIpc) is 2.79. The number of rotatable bonds is 6. The van der Waals surface area contributed by atoms with Crippen LogP contribution in [0.4, 0.5) is 5.69 Å². The van der Waals surface area contributed by atoms with Gasteiger partial charge in [-0.25, -0.2) is 0 Å². The van der Waals surface area contributed by atoms with Crippen LogP contribution in [0.3, 0.4) is 0 Å². The van der Waals surface area contributed by atoms with Crippen molar-refractivity contribution in [3.8, 4) is 0 Å². The SMILES string of the molecule is CCC1SC(=S)N(CCC(=O)Nc2ccc(C(C)C)cc2)C1=O. The molecule has 0 spiro atoms. The highest BCUT2D eigenvalue weighted by Crippen LogP contribution is 2.29. The van der Waals surface area contributed by atoms with Crippen LogP contribution in [0.5, 0.6) is 0 Å². The molecule has 23 heavy (non-hydrogen) atoms. The van der Waals surface area contributed by atoms with Gasteiger partial charge in [0.25, 0.3) is 0 Å². The fraction of sp³-hybridized carbons (Fsp3) is 0.471. The first kappa shape index (κ1) is 17.9. The zero-order chi connectivity index (χ0) is 17.0. The van der Waals surface area contributed by atoms with Crippen molar-refractivity contribution in [1.29, 1.82) is 0 Å². The number of nitrogens with one attached hydrogen (secondary N) is 1. The Hall–Kier alpha value is -1.40. The van der Waals surface area contributed by atoms with Crippen molar-refractivity contribution in [1.82, 2.24) is 4.90 Å². The van der Waals surface area contributed by atoms with Gasteiger partial charge in [-0.2, -0.15) is 0 Å². The molecule has 1 atom stereocenters. The normalized spacial score (nSPS) is 17.9. The molecule has 1 fully saturated rings. The zero-order valence-electron chi connectivity index (χ0n) is 13.7. The van der Waals surface area contributed by atoms with Crippen molar-refractivity contribution < 1.29 is 9.59 Å². The lowest BCUT2D eigenvalue weighted by atomic mass is 10.0. The van der Waals surface area contributed by atoms with E-state index in [2.05, 4.69) is 19.2 Å². The molecule has 0 saturated carbocycles. The molecule has 2 rings (SSSR count). The molecule has 124 valence electrons. The van der Waals surface area contributed by atoms with Crippen LogP contribution in [0.1, 0.15) is 45.1 Å². The van der Waals surface area contributed by atoms with E-state index in [4.69, 9.17) is 12.2 Å². The number of hydrogen-bond acceptors (Lipinski definition) is 4. The van der Waals surface area contributed by atoms with Crippen LogP contribution in [-0.4, -0.2) is 32.8 Å². The van der Waals surface area contributed by atoms with E-state index in [9.17, 15) is 9.59 Å². The second-order valence-electron chi connectivity index (χ2n) is 5.85. The van der Waals surface area contributed by atoms with Gasteiger partial charge < -0.3 is 5.32 Å². The predicted molar refractivity (Wildman–Crippen MR) is 99.8 cm³/mol. The Balaban J connectivity index is 1.85. The second-order valence-corrected chi connectivity index (χ2v) is 7.68. The average molecular weight is 351 g/mol. The van der Waals surface area contributed by atoms with Gasteiger partial charge in [0, 0.05) is 18.7 Å². The van der Waals surface area contributed by atoms with Crippen molar-refractivity contribution in [3.05, 3.63) is 29.8 Å². The lowest BCUT2D eigenvalue weighted by Gasteiger charge is -2.15. The summed E-state index contributed by atoms with van der Waals surface area (Å²) in [7, 11) is 0. The molecule has 1 unspecified atom stereocenters. The number of thioether (sulfide) groups is 1. The number of nitrogens with zero attached hydrogens (tertiary/aromatic N) is 1. The summed E-state index contributed by atoms with van der Waals surface area (Å²) in [6.45, 7) is 6.57. The van der Waals surface area contributed by atoms with Crippen LogP contribution in [0.2, 0.25) is 0 Å². The Bertz CT molecular complexity index is 599. The highest BCUT2D eigenvalue weighted by molar-refractivity contribution is 8.24. The molecule has 1 saturated heterocycles. The maximum atomic E-state index is 12.1. The minimum absolute atomic E-state index is 0.0246. The molecule has 1 aliphatic heterocycles. The predicted octanol–water partition coefficient (Wildman–Crippen LogP) is 3.78. The van der Waals surface area contributed by atoms with Gasteiger partial charge in [-0.05, 0) is 30.0 Å². The highest BCUT2D eigenvalue weighted by atomic mass is 32.2.